The van der Waals surface area contributed by atoms with Gasteiger partial charge in [-0.2, -0.15) is 5.90 Å². The summed E-state index contributed by atoms with van der Waals surface area (Å²) >= 11 is 0. The number of aromatic nitrogens is 2. The number of nitrogens with two attached hydrogens (primary N) is 2. The highest BCUT2D eigenvalue weighted by Crippen LogP contribution is 2.39. The Morgan fingerprint density at radius 1 is 1.19 bits per heavy atom. The highest BCUT2D eigenvalue weighted by molar-refractivity contribution is 7.90. The van der Waals surface area contributed by atoms with E-state index in [0.717, 1.165) is 12.0 Å². The molecule has 1 aromatic carbocycles. The van der Waals surface area contributed by atoms with Crippen LogP contribution < -0.4 is 26.1 Å². The predicted molar refractivity (Wildman–Crippen MR) is 138 cm³/mol. The number of anilines is 2. The number of pyridine rings is 2. The molecule has 3 aromatic rings. The smallest absolute Gasteiger partial charge is 0.268 e. The van der Waals surface area contributed by atoms with Crippen molar-refractivity contribution in [2.75, 3.05) is 17.2 Å². The topological polar surface area (TPSA) is 154 Å². The Bertz CT molecular complexity index is 1420. The van der Waals surface area contributed by atoms with Gasteiger partial charge in [-0.05, 0) is 69.0 Å². The fourth-order valence-corrected chi connectivity index (χ4v) is 5.86. The molecule has 2 aromatic heterocycles. The number of aryl methyl sites for hydroxylation is 1. The first-order chi connectivity index (χ1) is 16.9. The van der Waals surface area contributed by atoms with Crippen molar-refractivity contribution >= 4 is 27.6 Å². The molecule has 5 N–H and O–H groups in total. The lowest BCUT2D eigenvalue weighted by molar-refractivity contribution is 0.0981. The molecule has 36 heavy (non-hydrogen) atoms. The molecule has 0 unspecified atom stereocenters. The number of nitrogen functional groups attached to an aromatic ring is 1. The summed E-state index contributed by atoms with van der Waals surface area (Å²) in [7, 11) is -4.27. The van der Waals surface area contributed by atoms with Gasteiger partial charge in [-0.1, -0.05) is 19.1 Å². The van der Waals surface area contributed by atoms with Crippen LogP contribution in [0.15, 0.2) is 53.6 Å². The Kier molecular flexibility index (Phi) is 6.63. The molecule has 1 atom stereocenters. The van der Waals surface area contributed by atoms with E-state index in [0.29, 0.717) is 35.3 Å². The van der Waals surface area contributed by atoms with Crippen LogP contribution in [0, 0.1) is 12.8 Å². The molecule has 0 bridgehead atoms. The lowest BCUT2D eigenvalue weighted by atomic mass is 9.97. The van der Waals surface area contributed by atoms with Crippen LogP contribution in [-0.4, -0.2) is 36.4 Å². The molecule has 11 heteroatoms. The summed E-state index contributed by atoms with van der Waals surface area (Å²) in [5.41, 5.74) is 7.58. The fraction of sp³-hybridized carbons (Fsp3) is 0.320. The van der Waals surface area contributed by atoms with Crippen molar-refractivity contribution in [3.8, 4) is 17.0 Å². The predicted octanol–water partition coefficient (Wildman–Crippen LogP) is 3.03. The lowest BCUT2D eigenvalue weighted by Gasteiger charge is -2.34. The van der Waals surface area contributed by atoms with Crippen molar-refractivity contribution in [1.29, 1.82) is 0 Å². The quantitative estimate of drug-likeness (QED) is 0.425. The summed E-state index contributed by atoms with van der Waals surface area (Å²) in [5.74, 6) is 5.72. The highest BCUT2D eigenvalue weighted by atomic mass is 32.2. The zero-order chi connectivity index (χ0) is 26.3. The maximum absolute atomic E-state index is 13.4. The molecule has 1 aliphatic heterocycles. The van der Waals surface area contributed by atoms with Gasteiger partial charge >= 0.3 is 0 Å². The minimum atomic E-state index is -4.27. The molecule has 1 fully saturated rings. The van der Waals surface area contributed by atoms with Crippen molar-refractivity contribution < 1.29 is 18.0 Å². The number of para-hydroxylation sites is 1. The Hall–Kier alpha value is -3.70. The van der Waals surface area contributed by atoms with Gasteiger partial charge in [-0.15, -0.1) is 0 Å². The normalized spacial score (nSPS) is 17.1. The van der Waals surface area contributed by atoms with Gasteiger partial charge in [0, 0.05) is 23.8 Å². The highest BCUT2D eigenvalue weighted by Gasteiger charge is 2.39. The second kappa shape index (κ2) is 9.40. The molecule has 1 aliphatic rings. The molecule has 0 saturated carbocycles. The van der Waals surface area contributed by atoms with Gasteiger partial charge < -0.3 is 15.5 Å². The molecule has 10 nitrogen and oxygen atoms in total. The first kappa shape index (κ1) is 25.4. The van der Waals surface area contributed by atoms with Crippen LogP contribution in [-0.2, 0) is 10.0 Å². The van der Waals surface area contributed by atoms with Crippen LogP contribution in [0.4, 0.5) is 11.6 Å². The van der Waals surface area contributed by atoms with Crippen LogP contribution in [0.2, 0.25) is 0 Å². The third-order valence-electron chi connectivity index (χ3n) is 6.37. The number of hydrogen-bond acceptors (Lipinski definition) is 9. The zero-order valence-corrected chi connectivity index (χ0v) is 21.5. The molecule has 4 rings (SSSR count). The van der Waals surface area contributed by atoms with Crippen molar-refractivity contribution in [2.45, 2.75) is 44.6 Å². The second-order valence-corrected chi connectivity index (χ2v) is 11.3. The number of carbonyl (C=O) groups is 1. The number of benzene rings is 1. The van der Waals surface area contributed by atoms with E-state index in [1.54, 1.807) is 12.1 Å². The summed E-state index contributed by atoms with van der Waals surface area (Å²) in [6, 6.07) is 11.5. The van der Waals surface area contributed by atoms with Crippen LogP contribution in [0.25, 0.3) is 11.3 Å². The SMILES string of the molecule is Cc1cccc(-c2ccc(C(=O)NS(=O)(=O)c3cccnc3N)c(N3C[C@@H](C)CC3(C)C)n2)c1ON. The molecule has 1 amide bonds. The third-order valence-corrected chi connectivity index (χ3v) is 7.75. The first-order valence-corrected chi connectivity index (χ1v) is 13.0. The van der Waals surface area contributed by atoms with Gasteiger partial charge in [0.2, 0.25) is 0 Å². The minimum absolute atomic E-state index is 0.120. The number of hydrogen-bond donors (Lipinski definition) is 3. The van der Waals surface area contributed by atoms with Gasteiger partial charge in [0.15, 0.2) is 5.75 Å². The van der Waals surface area contributed by atoms with E-state index in [1.807, 2.05) is 30.0 Å². The summed E-state index contributed by atoms with van der Waals surface area (Å²) < 4.78 is 28.0. The van der Waals surface area contributed by atoms with Crippen LogP contribution in [0.1, 0.15) is 43.1 Å². The van der Waals surface area contributed by atoms with Crippen molar-refractivity contribution in [1.82, 2.24) is 14.7 Å². The Balaban J connectivity index is 1.82. The zero-order valence-electron chi connectivity index (χ0n) is 20.6. The summed E-state index contributed by atoms with van der Waals surface area (Å²) in [6.45, 7) is 8.79. The number of nitrogens with one attached hydrogen (secondary N) is 1. The maximum atomic E-state index is 13.4. The Labute approximate surface area is 210 Å². The van der Waals surface area contributed by atoms with Gasteiger partial charge in [0.05, 0.1) is 11.3 Å². The average molecular weight is 511 g/mol. The van der Waals surface area contributed by atoms with Crippen LogP contribution in [0.3, 0.4) is 0 Å². The number of sulfonamides is 1. The van der Waals surface area contributed by atoms with Gasteiger partial charge in [0.1, 0.15) is 16.5 Å². The molecule has 3 heterocycles. The van der Waals surface area contributed by atoms with E-state index in [4.69, 9.17) is 21.5 Å². The first-order valence-electron chi connectivity index (χ1n) is 11.5. The monoisotopic (exact) mass is 510 g/mol. The van der Waals surface area contributed by atoms with Crippen LogP contribution >= 0.6 is 0 Å². The number of nitrogens with zero attached hydrogens (tertiary/aromatic N) is 3. The van der Waals surface area contributed by atoms with Gasteiger partial charge in [-0.3, -0.25) is 4.79 Å². The molecule has 0 aliphatic carbocycles. The molecule has 0 radical (unpaired) electrons. The second-order valence-electron chi connectivity index (χ2n) is 9.69. The number of carbonyl (C=O) groups excluding carboxylic acids is 1. The largest absolute Gasteiger partial charge is 0.411 e. The molecule has 0 spiro atoms. The van der Waals surface area contributed by atoms with E-state index in [-0.39, 0.29) is 21.8 Å². The summed E-state index contributed by atoms with van der Waals surface area (Å²) in [4.78, 5) is 28.9. The van der Waals surface area contributed by atoms with E-state index in [2.05, 4.69) is 30.5 Å². The average Bonchev–Trinajstić information content (AvgIpc) is 3.09. The number of rotatable bonds is 6. The molecular formula is C25H30N6O4S. The summed E-state index contributed by atoms with van der Waals surface area (Å²) in [6.07, 6.45) is 2.25. The van der Waals surface area contributed by atoms with Crippen molar-refractivity contribution in [3.05, 3.63) is 59.8 Å². The maximum Gasteiger partial charge on any atom is 0.268 e. The van der Waals surface area contributed by atoms with Gasteiger partial charge in [0.25, 0.3) is 15.9 Å². The minimum Gasteiger partial charge on any atom is -0.411 e. The molecule has 190 valence electrons. The van der Waals surface area contributed by atoms with Crippen LogP contribution in [0.5, 0.6) is 5.75 Å². The molecule has 1 saturated heterocycles. The van der Waals surface area contributed by atoms with Crippen molar-refractivity contribution in [2.24, 2.45) is 11.8 Å². The third kappa shape index (κ3) is 4.71. The van der Waals surface area contributed by atoms with Crippen molar-refractivity contribution in [3.63, 3.8) is 0 Å². The van der Waals surface area contributed by atoms with Gasteiger partial charge in [-0.25, -0.2) is 23.1 Å². The van der Waals surface area contributed by atoms with E-state index < -0.39 is 15.9 Å². The van der Waals surface area contributed by atoms with E-state index >= 15 is 0 Å². The standard InChI is InChI=1S/C25H30N6O4S/c1-15-13-25(3,4)31(14-15)23-18(24(32)30-36(33,34)20-9-6-12-28-22(20)26)10-11-19(29-23)17-8-5-7-16(2)21(17)35-27/h5-12,15H,13-14,27H2,1-4H3,(H2,26,28)(H,30,32)/t15-/m0/s1. The molecular weight excluding hydrogens is 480 g/mol. The van der Waals surface area contributed by atoms with E-state index in [9.17, 15) is 13.2 Å². The summed E-state index contributed by atoms with van der Waals surface area (Å²) in [5, 5.41) is 0. The Morgan fingerprint density at radius 2 is 1.94 bits per heavy atom. The lowest BCUT2D eigenvalue weighted by Crippen LogP contribution is -2.41. The Morgan fingerprint density at radius 3 is 2.58 bits per heavy atom. The number of amides is 1. The van der Waals surface area contributed by atoms with E-state index in [1.165, 1.54) is 18.3 Å². The fourth-order valence-electron chi connectivity index (χ4n) is 4.81.